The number of rotatable bonds is 10. The molecule has 2 N–H and O–H groups in total. The van der Waals surface area contributed by atoms with Gasteiger partial charge in [-0.3, -0.25) is 19.7 Å². The Morgan fingerprint density at radius 1 is 1.16 bits per heavy atom. The van der Waals surface area contributed by atoms with Crippen LogP contribution in [0.25, 0.3) is 0 Å². The summed E-state index contributed by atoms with van der Waals surface area (Å²) in [4.78, 5) is 36.1. The van der Waals surface area contributed by atoms with Crippen molar-refractivity contribution in [3.8, 4) is 11.5 Å². The molecular formula is C25H28N6O6S. The van der Waals surface area contributed by atoms with Crippen LogP contribution in [0, 0.1) is 23.0 Å². The van der Waals surface area contributed by atoms with E-state index in [9.17, 15) is 19.7 Å². The van der Waals surface area contributed by atoms with E-state index >= 15 is 0 Å². The van der Waals surface area contributed by atoms with Crippen LogP contribution in [-0.4, -0.2) is 44.0 Å². The summed E-state index contributed by atoms with van der Waals surface area (Å²) in [5.41, 5.74) is 1.50. The molecule has 0 fully saturated rings. The first-order valence-electron chi connectivity index (χ1n) is 12.0. The third-order valence-corrected chi connectivity index (χ3v) is 6.92. The van der Waals surface area contributed by atoms with Crippen molar-refractivity contribution < 1.29 is 24.0 Å². The van der Waals surface area contributed by atoms with Crippen LogP contribution < -0.4 is 20.1 Å². The molecule has 12 nitrogen and oxygen atoms in total. The summed E-state index contributed by atoms with van der Waals surface area (Å²) < 4.78 is 12.6. The molecule has 13 heteroatoms. The number of amides is 2. The summed E-state index contributed by atoms with van der Waals surface area (Å²) in [5, 5.41) is 25.9. The normalized spacial score (nSPS) is 12.9. The molecule has 2 heterocycles. The number of ether oxygens (including phenoxy) is 2. The fourth-order valence-electron chi connectivity index (χ4n) is 3.94. The number of hydrogen-bond acceptors (Lipinski definition) is 9. The smallest absolute Gasteiger partial charge is 0.269 e. The predicted molar refractivity (Wildman–Crippen MR) is 140 cm³/mol. The highest BCUT2D eigenvalue weighted by Crippen LogP contribution is 2.33. The molecule has 200 valence electrons. The van der Waals surface area contributed by atoms with Gasteiger partial charge < -0.3 is 24.7 Å². The standard InChI is InChI=1S/C25H28N6O6S/c1-5-30-23(22(14(2)3)27-24(33)16-6-9-19-20(11-16)37-13-36-19)28-29-25(30)38-12-21(32)26-18-8-7-17(31(34)35)10-15(18)4/h6-11,14,22H,5,12-13H2,1-4H3,(H,26,32)(H,27,33). The number of carbonyl (C=O) groups excluding carboxylic acids is 2. The van der Waals surface area contributed by atoms with E-state index in [1.807, 2.05) is 25.3 Å². The van der Waals surface area contributed by atoms with Crippen LogP contribution in [0.3, 0.4) is 0 Å². The third-order valence-electron chi connectivity index (χ3n) is 5.96. The maximum atomic E-state index is 13.1. The number of nitro benzene ring substituents is 1. The number of aryl methyl sites for hydroxylation is 1. The van der Waals surface area contributed by atoms with E-state index in [2.05, 4.69) is 20.8 Å². The fraction of sp³-hybridized carbons (Fsp3) is 0.360. The number of aromatic nitrogens is 3. The Kier molecular flexibility index (Phi) is 8.15. The molecule has 2 amide bonds. The lowest BCUT2D eigenvalue weighted by atomic mass is 10.0. The lowest BCUT2D eigenvalue weighted by Gasteiger charge is -2.22. The summed E-state index contributed by atoms with van der Waals surface area (Å²) in [6.07, 6.45) is 0. The van der Waals surface area contributed by atoms with Crippen molar-refractivity contribution in [2.75, 3.05) is 17.9 Å². The molecular weight excluding hydrogens is 512 g/mol. The van der Waals surface area contributed by atoms with Gasteiger partial charge in [-0.05, 0) is 49.6 Å². The van der Waals surface area contributed by atoms with Crippen molar-refractivity contribution in [2.24, 2.45) is 5.92 Å². The van der Waals surface area contributed by atoms with Crippen molar-refractivity contribution in [3.05, 3.63) is 63.5 Å². The van der Waals surface area contributed by atoms with Gasteiger partial charge in [0.2, 0.25) is 12.7 Å². The maximum absolute atomic E-state index is 13.1. The first-order chi connectivity index (χ1) is 18.2. The Morgan fingerprint density at radius 3 is 2.61 bits per heavy atom. The number of nitrogens with zero attached hydrogens (tertiary/aromatic N) is 4. The summed E-state index contributed by atoms with van der Waals surface area (Å²) >= 11 is 1.22. The Balaban J connectivity index is 1.44. The number of hydrogen-bond donors (Lipinski definition) is 2. The molecule has 0 aliphatic carbocycles. The molecule has 0 spiro atoms. The van der Waals surface area contributed by atoms with Crippen LogP contribution in [-0.2, 0) is 11.3 Å². The van der Waals surface area contributed by atoms with Crippen LogP contribution in [0.15, 0.2) is 41.6 Å². The Hall–Kier alpha value is -4.13. The number of carbonyl (C=O) groups is 2. The van der Waals surface area contributed by atoms with Gasteiger partial charge >= 0.3 is 0 Å². The van der Waals surface area contributed by atoms with Gasteiger partial charge in [-0.2, -0.15) is 0 Å². The van der Waals surface area contributed by atoms with Gasteiger partial charge in [-0.15, -0.1) is 10.2 Å². The van der Waals surface area contributed by atoms with Gasteiger partial charge in [-0.1, -0.05) is 25.6 Å². The number of nitrogens with one attached hydrogen (secondary N) is 2. The summed E-state index contributed by atoms with van der Waals surface area (Å²) in [6, 6.07) is 8.87. The quantitative estimate of drug-likeness (QED) is 0.220. The highest BCUT2D eigenvalue weighted by molar-refractivity contribution is 7.99. The van der Waals surface area contributed by atoms with E-state index in [-0.39, 0.29) is 36.0 Å². The van der Waals surface area contributed by atoms with E-state index in [4.69, 9.17) is 9.47 Å². The first-order valence-corrected chi connectivity index (χ1v) is 13.0. The zero-order valence-corrected chi connectivity index (χ0v) is 22.2. The lowest BCUT2D eigenvalue weighted by molar-refractivity contribution is -0.384. The van der Waals surface area contributed by atoms with Gasteiger partial charge in [0.05, 0.1) is 16.7 Å². The summed E-state index contributed by atoms with van der Waals surface area (Å²) in [5.74, 6) is 1.22. The first kappa shape index (κ1) is 26.9. The molecule has 3 aromatic rings. The van der Waals surface area contributed by atoms with E-state index in [0.717, 1.165) is 0 Å². The monoisotopic (exact) mass is 540 g/mol. The molecule has 1 aromatic heterocycles. The van der Waals surface area contributed by atoms with Crippen molar-refractivity contribution in [1.29, 1.82) is 0 Å². The number of thioether (sulfide) groups is 1. The molecule has 1 atom stereocenters. The molecule has 38 heavy (non-hydrogen) atoms. The third kappa shape index (κ3) is 5.88. The van der Waals surface area contributed by atoms with Gasteiger partial charge in [0.1, 0.15) is 0 Å². The molecule has 0 bridgehead atoms. The van der Waals surface area contributed by atoms with Gasteiger partial charge in [0.25, 0.3) is 11.6 Å². The number of anilines is 1. The number of benzene rings is 2. The topological polar surface area (TPSA) is 151 Å². The zero-order chi connectivity index (χ0) is 27.4. The van der Waals surface area contributed by atoms with E-state index in [1.54, 1.807) is 25.1 Å². The largest absolute Gasteiger partial charge is 0.454 e. The van der Waals surface area contributed by atoms with Crippen LogP contribution >= 0.6 is 11.8 Å². The average molecular weight is 541 g/mol. The lowest BCUT2D eigenvalue weighted by Crippen LogP contribution is -2.33. The molecule has 0 radical (unpaired) electrons. The molecule has 0 saturated heterocycles. The molecule has 2 aromatic carbocycles. The molecule has 1 aliphatic heterocycles. The minimum absolute atomic E-state index is 0.00808. The molecule has 4 rings (SSSR count). The number of nitro groups is 1. The van der Waals surface area contributed by atoms with Gasteiger partial charge in [0, 0.05) is 29.9 Å². The summed E-state index contributed by atoms with van der Waals surface area (Å²) in [6.45, 7) is 8.25. The minimum Gasteiger partial charge on any atom is -0.454 e. The van der Waals surface area contributed by atoms with E-state index in [1.165, 1.54) is 30.0 Å². The molecule has 1 unspecified atom stereocenters. The van der Waals surface area contributed by atoms with Crippen LogP contribution in [0.2, 0.25) is 0 Å². The fourth-order valence-corrected chi connectivity index (χ4v) is 4.75. The van der Waals surface area contributed by atoms with Crippen LogP contribution in [0.1, 0.15) is 48.6 Å². The highest BCUT2D eigenvalue weighted by atomic mass is 32.2. The molecule has 1 aliphatic rings. The minimum atomic E-state index is -0.481. The van der Waals surface area contributed by atoms with E-state index < -0.39 is 11.0 Å². The second kappa shape index (κ2) is 11.5. The molecule has 0 saturated carbocycles. The van der Waals surface area contributed by atoms with Crippen molar-refractivity contribution in [1.82, 2.24) is 20.1 Å². The Labute approximate surface area is 223 Å². The van der Waals surface area contributed by atoms with Crippen LogP contribution in [0.4, 0.5) is 11.4 Å². The number of fused-ring (bicyclic) bond motifs is 1. The Morgan fingerprint density at radius 2 is 1.92 bits per heavy atom. The Bertz CT molecular complexity index is 1370. The SMILES string of the molecule is CCn1c(SCC(=O)Nc2ccc([N+](=O)[O-])cc2C)nnc1C(NC(=O)c1ccc2c(c1)OCO2)C(C)C. The van der Waals surface area contributed by atoms with Gasteiger partial charge in [-0.25, -0.2) is 0 Å². The van der Waals surface area contributed by atoms with Crippen molar-refractivity contribution in [3.63, 3.8) is 0 Å². The van der Waals surface area contributed by atoms with Crippen molar-refractivity contribution in [2.45, 2.75) is 45.4 Å². The second-order valence-corrected chi connectivity index (χ2v) is 9.88. The van der Waals surface area contributed by atoms with Crippen LogP contribution in [0.5, 0.6) is 11.5 Å². The van der Waals surface area contributed by atoms with Crippen molar-refractivity contribution >= 4 is 35.0 Å². The average Bonchev–Trinajstić information content (AvgIpc) is 3.52. The van der Waals surface area contributed by atoms with E-state index in [0.29, 0.717) is 45.8 Å². The number of non-ortho nitro benzene ring substituents is 1. The maximum Gasteiger partial charge on any atom is 0.269 e. The highest BCUT2D eigenvalue weighted by Gasteiger charge is 2.27. The van der Waals surface area contributed by atoms with Gasteiger partial charge in [0.15, 0.2) is 22.5 Å². The predicted octanol–water partition coefficient (Wildman–Crippen LogP) is 4.10. The second-order valence-electron chi connectivity index (χ2n) is 8.94. The summed E-state index contributed by atoms with van der Waals surface area (Å²) in [7, 11) is 0. The zero-order valence-electron chi connectivity index (χ0n) is 21.4.